The molecule has 0 fully saturated rings. The molecule has 1 aromatic carbocycles. The number of hydrogen-bond acceptors (Lipinski definition) is 3. The topological polar surface area (TPSA) is 43.8 Å². The molecule has 1 heterocycles. The van der Waals surface area contributed by atoms with Gasteiger partial charge < -0.3 is 5.73 Å². The van der Waals surface area contributed by atoms with Crippen molar-refractivity contribution in [2.24, 2.45) is 12.8 Å². The molecule has 0 spiro atoms. The molecule has 0 bridgehead atoms. The van der Waals surface area contributed by atoms with Gasteiger partial charge in [-0.3, -0.25) is 4.68 Å². The van der Waals surface area contributed by atoms with Crippen LogP contribution in [0.2, 0.25) is 5.02 Å². The van der Waals surface area contributed by atoms with E-state index in [1.165, 1.54) is 5.56 Å². The van der Waals surface area contributed by atoms with E-state index in [0.717, 1.165) is 33.5 Å². The van der Waals surface area contributed by atoms with Gasteiger partial charge in [0.05, 0.1) is 10.7 Å². The van der Waals surface area contributed by atoms with Crippen molar-refractivity contribution < 1.29 is 0 Å². The van der Waals surface area contributed by atoms with E-state index < -0.39 is 0 Å². The molecule has 0 amide bonds. The predicted octanol–water partition coefficient (Wildman–Crippen LogP) is 3.81. The summed E-state index contributed by atoms with van der Waals surface area (Å²) in [6.45, 7) is 4.14. The number of rotatable bonds is 5. The van der Waals surface area contributed by atoms with E-state index in [9.17, 15) is 0 Å². The summed E-state index contributed by atoms with van der Waals surface area (Å²) < 4.78 is 1.92. The van der Waals surface area contributed by atoms with Crippen molar-refractivity contribution in [3.05, 3.63) is 40.5 Å². The van der Waals surface area contributed by atoms with Crippen LogP contribution < -0.4 is 5.73 Å². The summed E-state index contributed by atoms with van der Waals surface area (Å²) in [5.41, 5.74) is 8.38. The van der Waals surface area contributed by atoms with Gasteiger partial charge >= 0.3 is 0 Å². The van der Waals surface area contributed by atoms with Crippen LogP contribution in [0.25, 0.3) is 0 Å². The zero-order valence-electron chi connectivity index (χ0n) is 12.1. The number of nitrogens with two attached hydrogens (primary N) is 1. The minimum absolute atomic E-state index is 0.170. The zero-order valence-corrected chi connectivity index (χ0v) is 13.6. The average molecular weight is 310 g/mol. The SMILES string of the molecule is CCC(N)Cc1c(C)nn(C)c1Sc1ccccc1Cl. The number of nitrogens with zero attached hydrogens (tertiary/aromatic N) is 2. The van der Waals surface area contributed by atoms with Crippen molar-refractivity contribution in [2.75, 3.05) is 0 Å². The number of benzene rings is 1. The molecule has 108 valence electrons. The Morgan fingerprint density at radius 2 is 2.10 bits per heavy atom. The highest BCUT2D eigenvalue weighted by molar-refractivity contribution is 7.99. The van der Waals surface area contributed by atoms with E-state index in [0.29, 0.717) is 0 Å². The van der Waals surface area contributed by atoms with Crippen LogP contribution in [0.3, 0.4) is 0 Å². The molecule has 2 rings (SSSR count). The molecule has 1 atom stereocenters. The van der Waals surface area contributed by atoms with Gasteiger partial charge in [0.2, 0.25) is 0 Å². The lowest BCUT2D eigenvalue weighted by Gasteiger charge is -2.11. The van der Waals surface area contributed by atoms with Crippen molar-refractivity contribution in [3.8, 4) is 0 Å². The monoisotopic (exact) mass is 309 g/mol. The first-order chi connectivity index (χ1) is 9.52. The Hall–Kier alpha value is -0.970. The van der Waals surface area contributed by atoms with Crippen molar-refractivity contribution in [1.29, 1.82) is 0 Å². The zero-order chi connectivity index (χ0) is 14.7. The van der Waals surface area contributed by atoms with Gasteiger partial charge in [-0.2, -0.15) is 5.10 Å². The van der Waals surface area contributed by atoms with E-state index in [1.54, 1.807) is 11.8 Å². The highest BCUT2D eigenvalue weighted by Crippen LogP contribution is 2.36. The van der Waals surface area contributed by atoms with Gasteiger partial charge in [0, 0.05) is 23.5 Å². The van der Waals surface area contributed by atoms with Crippen LogP contribution in [0.4, 0.5) is 0 Å². The molecule has 0 aliphatic heterocycles. The van der Waals surface area contributed by atoms with Crippen LogP contribution in [0.5, 0.6) is 0 Å². The second-order valence-corrected chi connectivity index (χ2v) is 6.34. The average Bonchev–Trinajstić information content (AvgIpc) is 2.68. The van der Waals surface area contributed by atoms with Crippen LogP contribution in [-0.4, -0.2) is 15.8 Å². The van der Waals surface area contributed by atoms with Gasteiger partial charge in [-0.15, -0.1) is 0 Å². The Morgan fingerprint density at radius 3 is 2.75 bits per heavy atom. The number of aromatic nitrogens is 2. The summed E-state index contributed by atoms with van der Waals surface area (Å²) >= 11 is 7.90. The molecule has 0 radical (unpaired) electrons. The normalized spacial score (nSPS) is 12.7. The number of hydrogen-bond donors (Lipinski definition) is 1. The van der Waals surface area contributed by atoms with Gasteiger partial charge in [-0.1, -0.05) is 42.4 Å². The molecule has 1 aromatic heterocycles. The lowest BCUT2D eigenvalue weighted by Crippen LogP contribution is -2.21. The molecule has 0 aliphatic carbocycles. The van der Waals surface area contributed by atoms with Crippen molar-refractivity contribution >= 4 is 23.4 Å². The maximum atomic E-state index is 6.24. The van der Waals surface area contributed by atoms with Gasteiger partial charge in [0.1, 0.15) is 5.03 Å². The Bertz CT molecular complexity index is 595. The summed E-state index contributed by atoms with van der Waals surface area (Å²) in [4.78, 5) is 1.04. The lowest BCUT2D eigenvalue weighted by molar-refractivity contribution is 0.631. The first-order valence-corrected chi connectivity index (χ1v) is 7.92. The molecule has 1 unspecified atom stereocenters. The molecular weight excluding hydrogens is 290 g/mol. The smallest absolute Gasteiger partial charge is 0.102 e. The Kier molecular flexibility index (Phi) is 5.13. The highest BCUT2D eigenvalue weighted by atomic mass is 35.5. The fraction of sp³-hybridized carbons (Fsp3) is 0.400. The first kappa shape index (κ1) is 15.4. The highest BCUT2D eigenvalue weighted by Gasteiger charge is 2.17. The van der Waals surface area contributed by atoms with E-state index in [2.05, 4.69) is 12.0 Å². The van der Waals surface area contributed by atoms with Crippen LogP contribution in [-0.2, 0) is 13.5 Å². The maximum absolute atomic E-state index is 6.24. The van der Waals surface area contributed by atoms with Crippen LogP contribution in [0.15, 0.2) is 34.2 Å². The van der Waals surface area contributed by atoms with Crippen molar-refractivity contribution in [2.45, 2.75) is 42.7 Å². The number of aryl methyl sites for hydroxylation is 2. The summed E-state index contributed by atoms with van der Waals surface area (Å²) in [5, 5.41) is 6.41. The third-order valence-corrected chi connectivity index (χ3v) is 5.04. The van der Waals surface area contributed by atoms with E-state index >= 15 is 0 Å². The molecule has 20 heavy (non-hydrogen) atoms. The fourth-order valence-corrected chi connectivity index (χ4v) is 3.38. The molecule has 3 nitrogen and oxygen atoms in total. The Morgan fingerprint density at radius 1 is 1.40 bits per heavy atom. The Labute approximate surface area is 129 Å². The molecule has 0 aliphatic rings. The maximum Gasteiger partial charge on any atom is 0.102 e. The molecule has 0 saturated heterocycles. The van der Waals surface area contributed by atoms with E-state index in [4.69, 9.17) is 17.3 Å². The molecule has 2 aromatic rings. The molecule has 0 saturated carbocycles. The van der Waals surface area contributed by atoms with Crippen molar-refractivity contribution in [3.63, 3.8) is 0 Å². The van der Waals surface area contributed by atoms with E-state index in [1.807, 2.05) is 42.9 Å². The molecule has 5 heteroatoms. The van der Waals surface area contributed by atoms with Crippen LogP contribution in [0.1, 0.15) is 24.6 Å². The van der Waals surface area contributed by atoms with Crippen LogP contribution in [0, 0.1) is 6.92 Å². The molecule has 2 N–H and O–H groups in total. The largest absolute Gasteiger partial charge is 0.327 e. The van der Waals surface area contributed by atoms with Gasteiger partial charge in [0.25, 0.3) is 0 Å². The standard InChI is InChI=1S/C15H20ClN3S/c1-4-11(17)9-12-10(2)18-19(3)15(12)20-14-8-6-5-7-13(14)16/h5-8,11H,4,9,17H2,1-3H3. The van der Waals surface area contributed by atoms with Crippen LogP contribution >= 0.6 is 23.4 Å². The quantitative estimate of drug-likeness (QED) is 0.913. The van der Waals surface area contributed by atoms with Gasteiger partial charge in [-0.05, 0) is 31.9 Å². The fourth-order valence-electron chi connectivity index (χ4n) is 2.08. The number of halogens is 1. The summed E-state index contributed by atoms with van der Waals surface area (Å²) in [5.74, 6) is 0. The second kappa shape index (κ2) is 6.66. The van der Waals surface area contributed by atoms with Crippen molar-refractivity contribution in [1.82, 2.24) is 9.78 Å². The van der Waals surface area contributed by atoms with Gasteiger partial charge in [-0.25, -0.2) is 0 Å². The Balaban J connectivity index is 2.34. The third-order valence-electron chi connectivity index (χ3n) is 3.32. The van der Waals surface area contributed by atoms with E-state index in [-0.39, 0.29) is 6.04 Å². The summed E-state index contributed by atoms with van der Waals surface area (Å²) in [6.07, 6.45) is 1.81. The first-order valence-electron chi connectivity index (χ1n) is 6.73. The molecular formula is C15H20ClN3S. The third kappa shape index (κ3) is 3.37. The minimum Gasteiger partial charge on any atom is -0.327 e. The summed E-state index contributed by atoms with van der Waals surface area (Å²) in [6, 6.07) is 8.04. The second-order valence-electron chi connectivity index (χ2n) is 4.90. The van der Waals surface area contributed by atoms with Gasteiger partial charge in [0.15, 0.2) is 0 Å². The lowest BCUT2D eigenvalue weighted by atomic mass is 10.1. The minimum atomic E-state index is 0.170. The predicted molar refractivity (Wildman–Crippen MR) is 85.5 cm³/mol. The summed E-state index contributed by atoms with van der Waals surface area (Å²) in [7, 11) is 1.97.